The zero-order chi connectivity index (χ0) is 18.0. The molecule has 1 N–H and O–H groups in total. The van der Waals surface area contributed by atoms with E-state index in [9.17, 15) is 14.7 Å². The van der Waals surface area contributed by atoms with E-state index in [1.54, 1.807) is 42.5 Å². The third-order valence-corrected chi connectivity index (χ3v) is 4.47. The number of nitrogens with zero attached hydrogens (tertiary/aromatic N) is 1. The molecule has 0 saturated carbocycles. The van der Waals surface area contributed by atoms with Gasteiger partial charge in [0.15, 0.2) is 5.60 Å². The Labute approximate surface area is 150 Å². The van der Waals surface area contributed by atoms with Gasteiger partial charge in [0.25, 0.3) is 5.91 Å². The molecule has 2 aromatic rings. The van der Waals surface area contributed by atoms with Crippen molar-refractivity contribution < 1.29 is 19.4 Å². The zero-order valence-corrected chi connectivity index (χ0v) is 14.5. The van der Waals surface area contributed by atoms with Gasteiger partial charge in [-0.25, -0.2) is 0 Å². The summed E-state index contributed by atoms with van der Waals surface area (Å²) in [6.45, 7) is 1.80. The second-order valence-electron chi connectivity index (χ2n) is 5.99. The topological polar surface area (TPSA) is 66.8 Å². The van der Waals surface area contributed by atoms with Crippen LogP contribution in [0.25, 0.3) is 0 Å². The molecule has 0 unspecified atom stereocenters. The van der Waals surface area contributed by atoms with E-state index in [-0.39, 0.29) is 25.4 Å². The lowest BCUT2D eigenvalue weighted by Gasteiger charge is -2.22. The number of fused-ring (bicyclic) bond motifs is 1. The normalized spacial score (nSPS) is 19.0. The molecule has 1 aliphatic rings. The van der Waals surface area contributed by atoms with Crippen LogP contribution in [0.1, 0.15) is 18.9 Å². The van der Waals surface area contributed by atoms with Crippen molar-refractivity contribution in [3.05, 3.63) is 59.1 Å². The number of ether oxygens (including phenoxy) is 1. The number of rotatable bonds is 6. The van der Waals surface area contributed by atoms with Crippen molar-refractivity contribution in [3.63, 3.8) is 0 Å². The van der Waals surface area contributed by atoms with Crippen LogP contribution in [-0.2, 0) is 15.2 Å². The number of halogens is 1. The number of carbonyl (C=O) groups excluding carboxylic acids is 2. The Kier molecular flexibility index (Phi) is 4.79. The highest BCUT2D eigenvalue weighted by molar-refractivity contribution is 6.32. The van der Waals surface area contributed by atoms with E-state index >= 15 is 0 Å². The first-order chi connectivity index (χ1) is 11.9. The number of para-hydroxylation sites is 2. The molecular weight excluding hydrogens is 342 g/mol. The molecule has 2 aromatic carbocycles. The van der Waals surface area contributed by atoms with Gasteiger partial charge in [-0.3, -0.25) is 9.59 Å². The molecule has 1 aliphatic heterocycles. The minimum absolute atomic E-state index is 0.208. The molecule has 25 heavy (non-hydrogen) atoms. The van der Waals surface area contributed by atoms with E-state index in [2.05, 4.69) is 0 Å². The van der Waals surface area contributed by atoms with Crippen molar-refractivity contribution in [3.8, 4) is 5.75 Å². The molecule has 0 bridgehead atoms. The highest BCUT2D eigenvalue weighted by atomic mass is 35.5. The fourth-order valence-corrected chi connectivity index (χ4v) is 3.26. The van der Waals surface area contributed by atoms with Crippen LogP contribution in [0.2, 0.25) is 5.02 Å². The van der Waals surface area contributed by atoms with Gasteiger partial charge in [-0.1, -0.05) is 41.9 Å². The Morgan fingerprint density at radius 3 is 2.60 bits per heavy atom. The number of carbonyl (C=O) groups is 2. The lowest BCUT2D eigenvalue weighted by Crippen LogP contribution is -2.43. The Hall–Kier alpha value is -2.37. The van der Waals surface area contributed by atoms with Crippen LogP contribution in [-0.4, -0.2) is 29.9 Å². The average molecular weight is 360 g/mol. The first kappa shape index (κ1) is 17.5. The van der Waals surface area contributed by atoms with Gasteiger partial charge in [0.2, 0.25) is 0 Å². The summed E-state index contributed by atoms with van der Waals surface area (Å²) in [7, 11) is 0. The number of anilines is 1. The van der Waals surface area contributed by atoms with Crippen LogP contribution in [0.5, 0.6) is 5.75 Å². The van der Waals surface area contributed by atoms with Crippen molar-refractivity contribution in [1.29, 1.82) is 0 Å². The summed E-state index contributed by atoms with van der Waals surface area (Å²) >= 11 is 6.05. The maximum Gasteiger partial charge on any atom is 0.264 e. The fraction of sp³-hybridized carbons (Fsp3) is 0.263. The minimum atomic E-state index is -1.81. The average Bonchev–Trinajstić information content (AvgIpc) is 2.78. The van der Waals surface area contributed by atoms with E-state index in [4.69, 9.17) is 16.3 Å². The predicted octanol–water partition coefficient (Wildman–Crippen LogP) is 2.93. The number of hydrogen-bond donors (Lipinski definition) is 1. The van der Waals surface area contributed by atoms with Gasteiger partial charge >= 0.3 is 0 Å². The van der Waals surface area contributed by atoms with Crippen LogP contribution >= 0.6 is 11.6 Å². The Morgan fingerprint density at radius 1 is 1.20 bits per heavy atom. The maximum atomic E-state index is 12.8. The van der Waals surface area contributed by atoms with Gasteiger partial charge in [0.05, 0.1) is 17.3 Å². The molecule has 130 valence electrons. The number of amides is 1. The molecule has 3 rings (SSSR count). The quantitative estimate of drug-likeness (QED) is 0.861. The lowest BCUT2D eigenvalue weighted by molar-refractivity contribution is -0.141. The lowest BCUT2D eigenvalue weighted by atomic mass is 9.90. The Morgan fingerprint density at radius 2 is 1.88 bits per heavy atom. The number of hydrogen-bond acceptors (Lipinski definition) is 4. The predicted molar refractivity (Wildman–Crippen MR) is 94.9 cm³/mol. The van der Waals surface area contributed by atoms with Gasteiger partial charge in [-0.15, -0.1) is 0 Å². The standard InChI is InChI=1S/C19H18ClNO4/c1-13(22)12-19(24)14-6-2-4-8-16(14)21(18(19)23)10-11-25-17-9-5-3-7-15(17)20/h2-9,24H,10-12H2,1H3/t19-/m1/s1. The summed E-state index contributed by atoms with van der Waals surface area (Å²) in [4.78, 5) is 25.8. The third kappa shape index (κ3) is 3.25. The van der Waals surface area contributed by atoms with Crippen LogP contribution in [0.3, 0.4) is 0 Å². The second-order valence-corrected chi connectivity index (χ2v) is 6.40. The summed E-state index contributed by atoms with van der Waals surface area (Å²) in [5, 5.41) is 11.3. The number of benzene rings is 2. The molecule has 6 heteroatoms. The summed E-state index contributed by atoms with van der Waals surface area (Å²) < 4.78 is 5.64. The molecule has 1 heterocycles. The van der Waals surface area contributed by atoms with E-state index in [0.29, 0.717) is 22.0 Å². The largest absolute Gasteiger partial charge is 0.490 e. The van der Waals surface area contributed by atoms with E-state index in [0.717, 1.165) is 0 Å². The van der Waals surface area contributed by atoms with Crippen molar-refractivity contribution >= 4 is 29.0 Å². The SMILES string of the molecule is CC(=O)C[C@]1(O)C(=O)N(CCOc2ccccc2Cl)c2ccccc21. The Bertz CT molecular complexity index is 823. The number of Topliss-reactive ketones (excluding diaryl/α,β-unsaturated/α-hetero) is 1. The minimum Gasteiger partial charge on any atom is -0.490 e. The van der Waals surface area contributed by atoms with Crippen molar-refractivity contribution in [2.24, 2.45) is 0 Å². The van der Waals surface area contributed by atoms with Crippen molar-refractivity contribution in [2.75, 3.05) is 18.1 Å². The molecular formula is C19H18ClNO4. The molecule has 0 fully saturated rings. The van der Waals surface area contributed by atoms with Gasteiger partial charge in [-0.2, -0.15) is 0 Å². The summed E-state index contributed by atoms with van der Waals surface area (Å²) in [5.41, 5.74) is -0.765. The maximum absolute atomic E-state index is 12.8. The van der Waals surface area contributed by atoms with Gasteiger partial charge in [0.1, 0.15) is 18.1 Å². The molecule has 1 amide bonds. The van der Waals surface area contributed by atoms with Gasteiger partial charge < -0.3 is 14.7 Å². The smallest absolute Gasteiger partial charge is 0.264 e. The molecule has 0 spiro atoms. The van der Waals surface area contributed by atoms with Crippen LogP contribution in [0.15, 0.2) is 48.5 Å². The van der Waals surface area contributed by atoms with Gasteiger partial charge in [0, 0.05) is 12.0 Å². The molecule has 5 nitrogen and oxygen atoms in total. The Balaban J connectivity index is 1.79. The molecule has 0 saturated heterocycles. The van der Waals surface area contributed by atoms with Crippen molar-refractivity contribution in [1.82, 2.24) is 0 Å². The zero-order valence-electron chi connectivity index (χ0n) is 13.7. The third-order valence-electron chi connectivity index (χ3n) is 4.15. The molecule has 0 aromatic heterocycles. The molecule has 0 radical (unpaired) electrons. The summed E-state index contributed by atoms with van der Waals surface area (Å²) in [6, 6.07) is 14.0. The number of ketones is 1. The summed E-state index contributed by atoms with van der Waals surface area (Å²) in [5.74, 6) is -0.227. The van der Waals surface area contributed by atoms with E-state index in [1.807, 2.05) is 6.07 Å². The second kappa shape index (κ2) is 6.86. The van der Waals surface area contributed by atoms with Gasteiger partial charge in [-0.05, 0) is 25.1 Å². The molecule has 0 aliphatic carbocycles. The van der Waals surface area contributed by atoms with Crippen LogP contribution < -0.4 is 9.64 Å². The molecule has 1 atom stereocenters. The van der Waals surface area contributed by atoms with Crippen LogP contribution in [0, 0.1) is 0 Å². The first-order valence-electron chi connectivity index (χ1n) is 7.94. The van der Waals surface area contributed by atoms with Crippen LogP contribution in [0.4, 0.5) is 5.69 Å². The first-order valence-corrected chi connectivity index (χ1v) is 8.32. The monoisotopic (exact) mass is 359 g/mol. The number of aliphatic hydroxyl groups is 1. The highest BCUT2D eigenvalue weighted by Gasteiger charge is 2.50. The van der Waals surface area contributed by atoms with Crippen molar-refractivity contribution in [2.45, 2.75) is 18.9 Å². The highest BCUT2D eigenvalue weighted by Crippen LogP contribution is 2.42. The summed E-state index contributed by atoms with van der Waals surface area (Å²) in [6.07, 6.45) is -0.245. The van der Waals surface area contributed by atoms with E-state index in [1.165, 1.54) is 11.8 Å². The fourth-order valence-electron chi connectivity index (χ4n) is 3.07. The van der Waals surface area contributed by atoms with E-state index < -0.39 is 11.5 Å².